The Morgan fingerprint density at radius 1 is 1.12 bits per heavy atom. The number of ketones is 1. The number of aromatic nitrogens is 1. The first-order valence-electron chi connectivity index (χ1n) is 8.71. The van der Waals surface area contributed by atoms with E-state index in [0.717, 1.165) is 4.90 Å². The van der Waals surface area contributed by atoms with Gasteiger partial charge in [-0.25, -0.2) is 4.98 Å². The van der Waals surface area contributed by atoms with E-state index >= 15 is 0 Å². The SMILES string of the molecule is N#C/C(=C/NNc1nc(-c2ccc(Cl)cc2Cl)c(Sc2ccc(Cl)cc2)s1)C(=O)C(F)(F)F. The van der Waals surface area contributed by atoms with Crippen molar-refractivity contribution in [1.29, 1.82) is 5.26 Å². The summed E-state index contributed by atoms with van der Waals surface area (Å²) in [6, 6.07) is 13.2. The number of rotatable bonds is 7. The van der Waals surface area contributed by atoms with Gasteiger partial charge in [0.05, 0.1) is 14.9 Å². The Balaban J connectivity index is 1.90. The van der Waals surface area contributed by atoms with Crippen LogP contribution in [-0.2, 0) is 4.79 Å². The Morgan fingerprint density at radius 2 is 1.79 bits per heavy atom. The van der Waals surface area contributed by atoms with Gasteiger partial charge in [0.1, 0.15) is 11.6 Å². The second-order valence-corrected chi connectivity index (χ2v) is 9.72. The van der Waals surface area contributed by atoms with Crippen LogP contribution in [0.1, 0.15) is 0 Å². The van der Waals surface area contributed by atoms with E-state index < -0.39 is 17.5 Å². The van der Waals surface area contributed by atoms with E-state index in [0.29, 0.717) is 36.7 Å². The summed E-state index contributed by atoms with van der Waals surface area (Å²) in [4.78, 5) is 16.5. The topological polar surface area (TPSA) is 77.8 Å². The summed E-state index contributed by atoms with van der Waals surface area (Å²) in [6.45, 7) is 0. The number of anilines is 1. The maximum absolute atomic E-state index is 12.5. The molecule has 1 heterocycles. The predicted molar refractivity (Wildman–Crippen MR) is 125 cm³/mol. The van der Waals surface area contributed by atoms with Gasteiger partial charge >= 0.3 is 6.18 Å². The monoisotopic (exact) mass is 548 g/mol. The van der Waals surface area contributed by atoms with E-state index in [2.05, 4.69) is 15.8 Å². The molecule has 2 N–H and O–H groups in total. The fourth-order valence-electron chi connectivity index (χ4n) is 2.36. The van der Waals surface area contributed by atoms with Crippen LogP contribution in [0.2, 0.25) is 15.1 Å². The molecule has 0 aliphatic rings. The van der Waals surface area contributed by atoms with Crippen LogP contribution in [0.5, 0.6) is 0 Å². The van der Waals surface area contributed by atoms with Crippen molar-refractivity contribution in [2.75, 3.05) is 5.43 Å². The van der Waals surface area contributed by atoms with Gasteiger partial charge in [-0.05, 0) is 42.5 Å². The van der Waals surface area contributed by atoms with E-state index in [1.165, 1.54) is 29.2 Å². The normalized spacial score (nSPS) is 11.7. The van der Waals surface area contributed by atoms with Crippen molar-refractivity contribution in [2.45, 2.75) is 15.3 Å². The lowest BCUT2D eigenvalue weighted by Crippen LogP contribution is -2.26. The average Bonchev–Trinajstić information content (AvgIpc) is 3.14. The summed E-state index contributed by atoms with van der Waals surface area (Å²) >= 11 is 20.8. The number of hydrogen-bond acceptors (Lipinski definition) is 7. The molecule has 0 spiro atoms. The van der Waals surface area contributed by atoms with Crippen LogP contribution in [0.3, 0.4) is 0 Å². The van der Waals surface area contributed by atoms with Gasteiger partial charge in [0.15, 0.2) is 0 Å². The molecule has 0 unspecified atom stereocenters. The second kappa shape index (κ2) is 10.7. The second-order valence-electron chi connectivity index (χ2n) is 6.10. The van der Waals surface area contributed by atoms with Crippen LogP contribution in [0.4, 0.5) is 18.3 Å². The van der Waals surface area contributed by atoms with Crippen molar-refractivity contribution in [2.24, 2.45) is 0 Å². The molecule has 1 aromatic heterocycles. The Labute approximate surface area is 209 Å². The van der Waals surface area contributed by atoms with Gasteiger partial charge in [0, 0.05) is 26.7 Å². The number of hydrogen-bond donors (Lipinski definition) is 2. The van der Waals surface area contributed by atoms with E-state index in [4.69, 9.17) is 40.1 Å². The molecule has 3 aromatic rings. The zero-order valence-electron chi connectivity index (χ0n) is 16.0. The number of nitriles is 1. The van der Waals surface area contributed by atoms with Crippen molar-refractivity contribution in [3.05, 3.63) is 69.3 Å². The molecule has 33 heavy (non-hydrogen) atoms. The lowest BCUT2D eigenvalue weighted by molar-refractivity contribution is -0.166. The highest BCUT2D eigenvalue weighted by Gasteiger charge is 2.40. The van der Waals surface area contributed by atoms with Gasteiger partial charge in [0.2, 0.25) is 5.13 Å². The van der Waals surface area contributed by atoms with Crippen LogP contribution in [0, 0.1) is 11.3 Å². The van der Waals surface area contributed by atoms with Crippen molar-refractivity contribution in [1.82, 2.24) is 10.4 Å². The Kier molecular flexibility index (Phi) is 8.15. The van der Waals surface area contributed by atoms with Crippen molar-refractivity contribution in [3.8, 4) is 17.3 Å². The van der Waals surface area contributed by atoms with Crippen molar-refractivity contribution in [3.63, 3.8) is 0 Å². The third-order valence-electron chi connectivity index (χ3n) is 3.82. The molecular weight excluding hydrogens is 540 g/mol. The lowest BCUT2D eigenvalue weighted by Gasteiger charge is -2.05. The number of benzene rings is 2. The molecule has 0 bridgehead atoms. The molecule has 0 amide bonds. The quantitative estimate of drug-likeness (QED) is 0.182. The predicted octanol–water partition coefficient (Wildman–Crippen LogP) is 7.38. The number of carbonyl (C=O) groups excluding carboxylic acids is 1. The number of allylic oxidation sites excluding steroid dienone is 1. The van der Waals surface area contributed by atoms with Gasteiger partial charge in [-0.15, -0.1) is 0 Å². The standard InChI is InChI=1S/C20H10Cl3F3N4OS2/c21-11-1-4-13(5-2-11)32-18-16(14-6-3-12(22)7-15(14)23)29-19(33-18)30-28-9-10(8-27)17(31)20(24,25)26/h1-7,9,28H,(H,29,30)/b10-9-. The van der Waals surface area contributed by atoms with Crippen LogP contribution >= 0.6 is 57.9 Å². The Hall–Kier alpha value is -2.42. The summed E-state index contributed by atoms with van der Waals surface area (Å²) in [5.41, 5.74) is 4.86. The third kappa shape index (κ3) is 6.56. The van der Waals surface area contributed by atoms with Gasteiger partial charge in [-0.2, -0.15) is 18.4 Å². The molecule has 0 fully saturated rings. The maximum Gasteiger partial charge on any atom is 0.455 e. The first-order valence-corrected chi connectivity index (χ1v) is 11.5. The fourth-order valence-corrected chi connectivity index (χ4v) is 5.09. The Bertz CT molecular complexity index is 1250. The summed E-state index contributed by atoms with van der Waals surface area (Å²) in [6.07, 6.45) is -4.54. The highest BCUT2D eigenvalue weighted by atomic mass is 35.5. The molecule has 0 aliphatic carbocycles. The number of carbonyl (C=O) groups is 1. The highest BCUT2D eigenvalue weighted by molar-refractivity contribution is 8.01. The summed E-state index contributed by atoms with van der Waals surface area (Å²) in [5.74, 6) is -2.26. The Morgan fingerprint density at radius 3 is 2.39 bits per heavy atom. The molecule has 170 valence electrons. The van der Waals surface area contributed by atoms with Crippen LogP contribution in [0.15, 0.2) is 63.3 Å². The molecule has 0 atom stereocenters. The molecule has 13 heteroatoms. The number of thiazole rings is 1. The first kappa shape index (κ1) is 25.2. The van der Waals surface area contributed by atoms with E-state index in [1.54, 1.807) is 30.3 Å². The molecule has 0 saturated heterocycles. The molecule has 0 radical (unpaired) electrons. The number of Topliss-reactive ketones (excluding diaryl/α,β-unsaturated/α-hetero) is 1. The summed E-state index contributed by atoms with van der Waals surface area (Å²) < 4.78 is 38.3. The van der Waals surface area contributed by atoms with Gasteiger partial charge < -0.3 is 5.43 Å². The van der Waals surface area contributed by atoms with Crippen molar-refractivity contribution < 1.29 is 18.0 Å². The van der Waals surface area contributed by atoms with Crippen molar-refractivity contribution >= 4 is 68.8 Å². The van der Waals surface area contributed by atoms with E-state index in [9.17, 15) is 18.0 Å². The number of nitrogens with zero attached hydrogens (tertiary/aromatic N) is 2. The zero-order valence-corrected chi connectivity index (χ0v) is 19.9. The molecule has 3 rings (SSSR count). The van der Waals surface area contributed by atoms with Gasteiger partial charge in [-0.3, -0.25) is 10.2 Å². The molecule has 2 aromatic carbocycles. The number of hydrazine groups is 1. The zero-order chi connectivity index (χ0) is 24.2. The lowest BCUT2D eigenvalue weighted by atomic mass is 10.2. The molecule has 0 aliphatic heterocycles. The number of nitrogens with one attached hydrogen (secondary N) is 2. The minimum Gasteiger partial charge on any atom is -0.305 e. The van der Waals surface area contributed by atoms with Crippen LogP contribution in [0.25, 0.3) is 11.3 Å². The molecule has 0 saturated carbocycles. The maximum atomic E-state index is 12.5. The highest BCUT2D eigenvalue weighted by Crippen LogP contribution is 2.44. The summed E-state index contributed by atoms with van der Waals surface area (Å²) in [5, 5.41) is 10.5. The fraction of sp³-hybridized carbons (Fsp3) is 0.0500. The van der Waals surface area contributed by atoms with E-state index in [1.807, 2.05) is 12.1 Å². The van der Waals surface area contributed by atoms with E-state index in [-0.39, 0.29) is 5.13 Å². The molecule has 5 nitrogen and oxygen atoms in total. The van der Waals surface area contributed by atoms with Gasteiger partial charge in [0.25, 0.3) is 5.78 Å². The summed E-state index contributed by atoms with van der Waals surface area (Å²) in [7, 11) is 0. The number of halogens is 6. The van der Waals surface area contributed by atoms with Gasteiger partial charge in [-0.1, -0.05) is 57.9 Å². The number of alkyl halides is 3. The largest absolute Gasteiger partial charge is 0.455 e. The minimum absolute atomic E-state index is 0.250. The third-order valence-corrected chi connectivity index (χ3v) is 6.78. The van der Waals surface area contributed by atoms with Crippen LogP contribution in [-0.4, -0.2) is 16.9 Å². The molecular formula is C20H10Cl3F3N4OS2. The van der Waals surface area contributed by atoms with Crippen LogP contribution < -0.4 is 10.9 Å². The minimum atomic E-state index is -5.16. The smallest absolute Gasteiger partial charge is 0.305 e. The average molecular weight is 550 g/mol. The first-order chi connectivity index (χ1) is 15.6.